The molecule has 3 rings (SSSR count). The Morgan fingerprint density at radius 3 is 2.79 bits per heavy atom. The lowest BCUT2D eigenvalue weighted by atomic mass is 10.2. The lowest BCUT2D eigenvalue weighted by Crippen LogP contribution is -2.08. The fraction of sp³-hybridized carbons (Fsp3) is 0.214. The number of benzene rings is 1. The number of thiophene rings is 1. The Hall–Kier alpha value is -1.08. The van der Waals surface area contributed by atoms with Gasteiger partial charge >= 0.3 is 0 Å². The summed E-state index contributed by atoms with van der Waals surface area (Å²) in [5.41, 5.74) is 8.16. The number of aryl methyl sites for hydroxylation is 1. The van der Waals surface area contributed by atoms with E-state index in [0.717, 1.165) is 11.0 Å². The van der Waals surface area contributed by atoms with Crippen LogP contribution in [-0.2, 0) is 0 Å². The standard InChI is InChI=1S/C14H14IN3S/c1-8-3-6-13(19-8)9(2)18-12-5-4-10(15)7-11(12)17-14(18)16/h3-7,9H,1-2H3,(H2,16,17). The highest BCUT2D eigenvalue weighted by molar-refractivity contribution is 14.1. The van der Waals surface area contributed by atoms with Gasteiger partial charge in [0.05, 0.1) is 17.1 Å². The van der Waals surface area contributed by atoms with Gasteiger partial charge in [0.2, 0.25) is 5.95 Å². The van der Waals surface area contributed by atoms with E-state index in [1.165, 1.54) is 13.3 Å². The molecule has 98 valence electrons. The van der Waals surface area contributed by atoms with E-state index in [0.29, 0.717) is 5.95 Å². The largest absolute Gasteiger partial charge is 0.369 e. The van der Waals surface area contributed by atoms with Crippen LogP contribution in [0.1, 0.15) is 22.7 Å². The van der Waals surface area contributed by atoms with Crippen molar-refractivity contribution in [3.8, 4) is 0 Å². The molecular formula is C14H14IN3S. The zero-order valence-electron chi connectivity index (χ0n) is 10.7. The summed E-state index contributed by atoms with van der Waals surface area (Å²) in [7, 11) is 0. The van der Waals surface area contributed by atoms with E-state index in [9.17, 15) is 0 Å². The molecule has 19 heavy (non-hydrogen) atoms. The van der Waals surface area contributed by atoms with Crippen molar-refractivity contribution in [1.29, 1.82) is 0 Å². The average Bonchev–Trinajstić information content (AvgIpc) is 2.91. The molecule has 0 saturated heterocycles. The molecule has 0 amide bonds. The van der Waals surface area contributed by atoms with Crippen LogP contribution in [0.25, 0.3) is 11.0 Å². The Labute approximate surface area is 129 Å². The molecule has 0 fully saturated rings. The number of nitrogen functional groups attached to an aromatic ring is 1. The number of halogens is 1. The first kappa shape index (κ1) is 12.9. The lowest BCUT2D eigenvalue weighted by molar-refractivity contribution is 0.680. The molecule has 1 aromatic carbocycles. The third-order valence-electron chi connectivity index (χ3n) is 3.24. The molecule has 2 N–H and O–H groups in total. The van der Waals surface area contributed by atoms with Gasteiger partial charge in [0, 0.05) is 13.3 Å². The van der Waals surface area contributed by atoms with Gasteiger partial charge in [-0.05, 0) is 66.8 Å². The van der Waals surface area contributed by atoms with Crippen molar-refractivity contribution in [2.24, 2.45) is 0 Å². The molecule has 0 aliphatic rings. The molecule has 0 aliphatic carbocycles. The number of anilines is 1. The van der Waals surface area contributed by atoms with Crippen molar-refractivity contribution in [3.05, 3.63) is 43.7 Å². The van der Waals surface area contributed by atoms with Crippen molar-refractivity contribution in [1.82, 2.24) is 9.55 Å². The van der Waals surface area contributed by atoms with Gasteiger partial charge in [-0.2, -0.15) is 0 Å². The van der Waals surface area contributed by atoms with Gasteiger partial charge in [-0.1, -0.05) is 0 Å². The van der Waals surface area contributed by atoms with Gasteiger partial charge < -0.3 is 10.3 Å². The molecule has 1 atom stereocenters. The maximum atomic E-state index is 6.10. The van der Waals surface area contributed by atoms with E-state index < -0.39 is 0 Å². The minimum atomic E-state index is 0.212. The van der Waals surface area contributed by atoms with Crippen molar-refractivity contribution in [2.45, 2.75) is 19.9 Å². The monoisotopic (exact) mass is 383 g/mol. The zero-order valence-corrected chi connectivity index (χ0v) is 13.7. The molecular weight excluding hydrogens is 369 g/mol. The minimum Gasteiger partial charge on any atom is -0.369 e. The molecule has 0 spiro atoms. The second kappa shape index (κ2) is 4.79. The second-order valence-corrected chi connectivity index (χ2v) is 7.16. The van der Waals surface area contributed by atoms with Crippen LogP contribution in [0.4, 0.5) is 5.95 Å². The molecule has 3 aromatic rings. The summed E-state index contributed by atoms with van der Waals surface area (Å²) in [5, 5.41) is 0. The Morgan fingerprint density at radius 1 is 1.32 bits per heavy atom. The molecule has 2 aromatic heterocycles. The quantitative estimate of drug-likeness (QED) is 0.674. The number of nitrogens with zero attached hydrogens (tertiary/aromatic N) is 2. The van der Waals surface area contributed by atoms with Gasteiger partial charge in [-0.25, -0.2) is 4.98 Å². The highest BCUT2D eigenvalue weighted by Crippen LogP contribution is 2.31. The molecule has 2 heterocycles. The summed E-state index contributed by atoms with van der Waals surface area (Å²) in [5.74, 6) is 0.579. The first-order chi connectivity index (χ1) is 9.06. The highest BCUT2D eigenvalue weighted by atomic mass is 127. The molecule has 0 bridgehead atoms. The molecule has 0 radical (unpaired) electrons. The summed E-state index contributed by atoms with van der Waals surface area (Å²) in [6, 6.07) is 10.8. The van der Waals surface area contributed by atoms with Crippen molar-refractivity contribution < 1.29 is 0 Å². The van der Waals surface area contributed by atoms with Crippen molar-refractivity contribution in [2.75, 3.05) is 5.73 Å². The second-order valence-electron chi connectivity index (χ2n) is 4.60. The van der Waals surface area contributed by atoms with Gasteiger partial charge in [0.1, 0.15) is 0 Å². The third-order valence-corrected chi connectivity index (χ3v) is 5.08. The Morgan fingerprint density at radius 2 is 2.11 bits per heavy atom. The van der Waals surface area contributed by atoms with Crippen molar-refractivity contribution in [3.63, 3.8) is 0 Å². The van der Waals surface area contributed by atoms with Gasteiger partial charge in [-0.3, -0.25) is 0 Å². The number of fused-ring (bicyclic) bond motifs is 1. The molecule has 3 nitrogen and oxygen atoms in total. The number of hydrogen-bond donors (Lipinski definition) is 1. The van der Waals surface area contributed by atoms with Crippen LogP contribution in [0.5, 0.6) is 0 Å². The molecule has 5 heteroatoms. The summed E-state index contributed by atoms with van der Waals surface area (Å²) < 4.78 is 3.28. The summed E-state index contributed by atoms with van der Waals surface area (Å²) in [4.78, 5) is 7.09. The number of aromatic nitrogens is 2. The number of imidazole rings is 1. The summed E-state index contributed by atoms with van der Waals surface area (Å²) in [6.07, 6.45) is 0. The smallest absolute Gasteiger partial charge is 0.201 e. The SMILES string of the molecule is Cc1ccc(C(C)n2c(N)nc3cc(I)ccc32)s1. The van der Waals surface area contributed by atoms with E-state index in [2.05, 4.69) is 76.3 Å². The molecule has 1 unspecified atom stereocenters. The Bertz CT molecular complexity index is 744. The summed E-state index contributed by atoms with van der Waals surface area (Å²) >= 11 is 4.10. The fourth-order valence-electron chi connectivity index (χ4n) is 2.30. The first-order valence-electron chi connectivity index (χ1n) is 6.05. The minimum absolute atomic E-state index is 0.212. The molecule has 0 saturated carbocycles. The number of hydrogen-bond acceptors (Lipinski definition) is 3. The predicted molar refractivity (Wildman–Crippen MR) is 89.7 cm³/mol. The molecule has 0 aliphatic heterocycles. The van der Waals surface area contributed by atoms with Crippen LogP contribution in [0.2, 0.25) is 0 Å². The predicted octanol–water partition coefficient (Wildman–Crippen LogP) is 4.20. The van der Waals surface area contributed by atoms with Crippen LogP contribution in [0.15, 0.2) is 30.3 Å². The van der Waals surface area contributed by atoms with Crippen LogP contribution in [0, 0.1) is 10.5 Å². The topological polar surface area (TPSA) is 43.8 Å². The number of nitrogens with two attached hydrogens (primary N) is 1. The van der Waals surface area contributed by atoms with Crippen LogP contribution in [-0.4, -0.2) is 9.55 Å². The average molecular weight is 383 g/mol. The third kappa shape index (κ3) is 2.25. The fourth-order valence-corrected chi connectivity index (χ4v) is 3.70. The van der Waals surface area contributed by atoms with Crippen LogP contribution < -0.4 is 5.73 Å². The van der Waals surface area contributed by atoms with E-state index in [1.54, 1.807) is 0 Å². The summed E-state index contributed by atoms with van der Waals surface area (Å²) in [6.45, 7) is 4.29. The first-order valence-corrected chi connectivity index (χ1v) is 7.95. The van der Waals surface area contributed by atoms with Gasteiger partial charge in [0.15, 0.2) is 0 Å². The Kier molecular flexibility index (Phi) is 3.26. The van der Waals surface area contributed by atoms with E-state index in [4.69, 9.17) is 5.73 Å². The highest BCUT2D eigenvalue weighted by Gasteiger charge is 2.16. The maximum absolute atomic E-state index is 6.10. The van der Waals surface area contributed by atoms with Gasteiger partial charge in [-0.15, -0.1) is 11.3 Å². The van der Waals surface area contributed by atoms with E-state index >= 15 is 0 Å². The Balaban J connectivity index is 2.16. The van der Waals surface area contributed by atoms with Gasteiger partial charge in [0.25, 0.3) is 0 Å². The zero-order chi connectivity index (χ0) is 13.6. The van der Waals surface area contributed by atoms with Crippen LogP contribution in [0.3, 0.4) is 0 Å². The lowest BCUT2D eigenvalue weighted by Gasteiger charge is -2.14. The normalized spacial score (nSPS) is 13.0. The number of rotatable bonds is 2. The van der Waals surface area contributed by atoms with Crippen molar-refractivity contribution >= 4 is 50.9 Å². The van der Waals surface area contributed by atoms with E-state index in [1.807, 2.05) is 11.3 Å². The van der Waals surface area contributed by atoms with Crippen LogP contribution >= 0.6 is 33.9 Å². The van der Waals surface area contributed by atoms with E-state index in [-0.39, 0.29) is 6.04 Å². The maximum Gasteiger partial charge on any atom is 0.201 e.